The van der Waals surface area contributed by atoms with Gasteiger partial charge >= 0.3 is 0 Å². The van der Waals surface area contributed by atoms with Crippen LogP contribution in [0.25, 0.3) is 16.9 Å². The highest BCUT2D eigenvalue weighted by Gasteiger charge is 2.14. The van der Waals surface area contributed by atoms with Gasteiger partial charge in [-0.25, -0.2) is 4.68 Å². The molecule has 0 unspecified atom stereocenters. The average Bonchev–Trinajstić information content (AvgIpc) is 3.38. The zero-order chi connectivity index (χ0) is 18.5. The van der Waals surface area contributed by atoms with Gasteiger partial charge in [-0.3, -0.25) is 4.79 Å². The van der Waals surface area contributed by atoms with Crippen LogP contribution in [0.2, 0.25) is 0 Å². The number of aryl methyl sites for hydroxylation is 1. The third-order valence-electron chi connectivity index (χ3n) is 4.23. The number of para-hydroxylation sites is 1. The van der Waals surface area contributed by atoms with Crippen molar-refractivity contribution in [2.24, 2.45) is 0 Å². The van der Waals surface area contributed by atoms with Crippen LogP contribution in [-0.4, -0.2) is 15.7 Å². The second-order valence-corrected chi connectivity index (χ2v) is 6.16. The lowest BCUT2D eigenvalue weighted by atomic mass is 10.1. The van der Waals surface area contributed by atoms with Crippen LogP contribution in [0.15, 0.2) is 89.5 Å². The van der Waals surface area contributed by atoms with Gasteiger partial charge in [-0.1, -0.05) is 48.5 Å². The Balaban J connectivity index is 1.60. The van der Waals surface area contributed by atoms with Crippen molar-refractivity contribution in [1.29, 1.82) is 0 Å². The number of amides is 1. The monoisotopic (exact) mass is 357 g/mol. The average molecular weight is 357 g/mol. The minimum atomic E-state index is -0.0805. The summed E-state index contributed by atoms with van der Waals surface area (Å²) in [5.74, 6) is 1.36. The van der Waals surface area contributed by atoms with Crippen molar-refractivity contribution in [2.45, 2.75) is 12.8 Å². The van der Waals surface area contributed by atoms with E-state index in [1.807, 2.05) is 78.9 Å². The third kappa shape index (κ3) is 3.98. The van der Waals surface area contributed by atoms with Crippen LogP contribution in [0.4, 0.5) is 5.82 Å². The summed E-state index contributed by atoms with van der Waals surface area (Å²) in [5.41, 5.74) is 2.69. The lowest BCUT2D eigenvalue weighted by molar-refractivity contribution is -0.116. The molecule has 1 N–H and O–H groups in total. The maximum Gasteiger partial charge on any atom is 0.225 e. The molecule has 27 heavy (non-hydrogen) atoms. The fourth-order valence-electron chi connectivity index (χ4n) is 2.88. The van der Waals surface area contributed by atoms with Gasteiger partial charge in [0.2, 0.25) is 5.91 Å². The molecule has 0 spiro atoms. The topological polar surface area (TPSA) is 60.1 Å². The number of furan rings is 1. The highest BCUT2D eigenvalue weighted by molar-refractivity contribution is 5.91. The number of carbonyl (C=O) groups excluding carboxylic acids is 1. The van der Waals surface area contributed by atoms with E-state index in [1.54, 1.807) is 10.9 Å². The number of rotatable bonds is 6. The maximum absolute atomic E-state index is 12.4. The standard InChI is InChI=1S/C22H19N3O2/c26-22(14-13-19-12-7-15-27-19)23-21-16-20(17-8-3-1-4-9-17)24-25(21)18-10-5-2-6-11-18/h1-12,15-16H,13-14H2,(H,23,26). The number of anilines is 1. The quantitative estimate of drug-likeness (QED) is 0.544. The molecule has 1 amide bonds. The van der Waals surface area contributed by atoms with Gasteiger partial charge in [0.1, 0.15) is 11.6 Å². The van der Waals surface area contributed by atoms with Crippen molar-refractivity contribution in [3.63, 3.8) is 0 Å². The molecule has 0 saturated heterocycles. The molecule has 134 valence electrons. The van der Waals surface area contributed by atoms with Crippen LogP contribution in [0.1, 0.15) is 12.2 Å². The van der Waals surface area contributed by atoms with Crippen LogP contribution in [-0.2, 0) is 11.2 Å². The zero-order valence-corrected chi connectivity index (χ0v) is 14.7. The number of hydrogen-bond donors (Lipinski definition) is 1. The van der Waals surface area contributed by atoms with Gasteiger partial charge in [0.05, 0.1) is 17.6 Å². The molecule has 5 heteroatoms. The summed E-state index contributed by atoms with van der Waals surface area (Å²) in [5, 5.41) is 7.68. The van der Waals surface area contributed by atoms with Gasteiger partial charge in [-0.2, -0.15) is 5.10 Å². The van der Waals surface area contributed by atoms with Crippen molar-refractivity contribution in [2.75, 3.05) is 5.32 Å². The van der Waals surface area contributed by atoms with Gasteiger partial charge in [0, 0.05) is 24.5 Å². The SMILES string of the molecule is O=C(CCc1ccco1)Nc1cc(-c2ccccc2)nn1-c1ccccc1. The summed E-state index contributed by atoms with van der Waals surface area (Å²) < 4.78 is 7.05. The second kappa shape index (κ2) is 7.74. The molecule has 0 atom stereocenters. The summed E-state index contributed by atoms with van der Waals surface area (Å²) in [6.07, 6.45) is 2.52. The maximum atomic E-state index is 12.4. The number of benzene rings is 2. The molecule has 4 aromatic rings. The van der Waals surface area contributed by atoms with E-state index in [0.717, 1.165) is 22.7 Å². The Morgan fingerprint density at radius 1 is 0.963 bits per heavy atom. The first-order valence-corrected chi connectivity index (χ1v) is 8.83. The third-order valence-corrected chi connectivity index (χ3v) is 4.23. The summed E-state index contributed by atoms with van der Waals surface area (Å²) in [6.45, 7) is 0. The van der Waals surface area contributed by atoms with Crippen molar-refractivity contribution in [3.05, 3.63) is 90.9 Å². The van der Waals surface area contributed by atoms with Gasteiger partial charge in [-0.15, -0.1) is 0 Å². The van der Waals surface area contributed by atoms with Gasteiger partial charge in [0.25, 0.3) is 0 Å². The smallest absolute Gasteiger partial charge is 0.225 e. The van der Waals surface area contributed by atoms with E-state index in [2.05, 4.69) is 5.32 Å². The molecule has 0 fully saturated rings. The first-order valence-electron chi connectivity index (χ1n) is 8.83. The summed E-state index contributed by atoms with van der Waals surface area (Å²) in [4.78, 5) is 12.4. The Kier molecular flexibility index (Phi) is 4.83. The minimum absolute atomic E-state index is 0.0805. The molecule has 0 bridgehead atoms. The molecule has 5 nitrogen and oxygen atoms in total. The number of nitrogens with one attached hydrogen (secondary N) is 1. The van der Waals surface area contributed by atoms with Crippen molar-refractivity contribution >= 4 is 11.7 Å². The Bertz CT molecular complexity index is 1010. The van der Waals surface area contributed by atoms with E-state index in [1.165, 1.54) is 0 Å². The van der Waals surface area contributed by atoms with E-state index >= 15 is 0 Å². The number of carbonyl (C=O) groups is 1. The molecule has 0 aliphatic rings. The molecule has 4 rings (SSSR count). The fourth-order valence-corrected chi connectivity index (χ4v) is 2.88. The van der Waals surface area contributed by atoms with Gasteiger partial charge < -0.3 is 9.73 Å². The van der Waals surface area contributed by atoms with E-state index < -0.39 is 0 Å². The number of aromatic nitrogens is 2. The largest absolute Gasteiger partial charge is 0.469 e. The van der Waals surface area contributed by atoms with Crippen molar-refractivity contribution in [1.82, 2.24) is 9.78 Å². The Labute approximate surface area is 157 Å². The molecule has 2 heterocycles. The molecular formula is C22H19N3O2. The van der Waals surface area contributed by atoms with E-state index in [4.69, 9.17) is 9.52 Å². The highest BCUT2D eigenvalue weighted by atomic mass is 16.3. The van der Waals surface area contributed by atoms with Gasteiger partial charge in [-0.05, 0) is 24.3 Å². The van der Waals surface area contributed by atoms with Crippen LogP contribution >= 0.6 is 0 Å². The van der Waals surface area contributed by atoms with Crippen LogP contribution in [0.5, 0.6) is 0 Å². The molecule has 0 saturated carbocycles. The normalized spacial score (nSPS) is 10.7. The highest BCUT2D eigenvalue weighted by Crippen LogP contribution is 2.24. The predicted octanol–water partition coefficient (Wildman–Crippen LogP) is 4.70. The van der Waals surface area contributed by atoms with E-state index in [9.17, 15) is 4.79 Å². The lowest BCUT2D eigenvalue weighted by Gasteiger charge is -2.08. The van der Waals surface area contributed by atoms with Crippen LogP contribution < -0.4 is 5.32 Å². The fraction of sp³-hybridized carbons (Fsp3) is 0.0909. The molecular weight excluding hydrogens is 338 g/mol. The lowest BCUT2D eigenvalue weighted by Crippen LogP contribution is -2.15. The van der Waals surface area contributed by atoms with E-state index in [0.29, 0.717) is 18.7 Å². The summed E-state index contributed by atoms with van der Waals surface area (Å²) >= 11 is 0. The number of hydrogen-bond acceptors (Lipinski definition) is 3. The predicted molar refractivity (Wildman–Crippen MR) is 105 cm³/mol. The Hall–Kier alpha value is -3.60. The molecule has 2 aromatic heterocycles. The summed E-state index contributed by atoms with van der Waals surface area (Å²) in [7, 11) is 0. The molecule has 0 aliphatic carbocycles. The van der Waals surface area contributed by atoms with Crippen LogP contribution in [0, 0.1) is 0 Å². The Morgan fingerprint density at radius 3 is 2.41 bits per heavy atom. The number of nitrogens with zero attached hydrogens (tertiary/aromatic N) is 2. The molecule has 2 aromatic carbocycles. The van der Waals surface area contributed by atoms with Crippen molar-refractivity contribution in [3.8, 4) is 16.9 Å². The second-order valence-electron chi connectivity index (χ2n) is 6.16. The van der Waals surface area contributed by atoms with Crippen molar-refractivity contribution < 1.29 is 9.21 Å². The van der Waals surface area contributed by atoms with Crippen LogP contribution in [0.3, 0.4) is 0 Å². The molecule has 0 radical (unpaired) electrons. The Morgan fingerprint density at radius 2 is 1.70 bits per heavy atom. The minimum Gasteiger partial charge on any atom is -0.469 e. The van der Waals surface area contributed by atoms with E-state index in [-0.39, 0.29) is 5.91 Å². The summed E-state index contributed by atoms with van der Waals surface area (Å²) in [6, 6.07) is 25.3. The van der Waals surface area contributed by atoms with Gasteiger partial charge in [0.15, 0.2) is 0 Å². The zero-order valence-electron chi connectivity index (χ0n) is 14.7. The first kappa shape index (κ1) is 16.8. The molecule has 0 aliphatic heterocycles. The first-order chi connectivity index (χ1) is 13.3.